The van der Waals surface area contributed by atoms with Crippen molar-refractivity contribution in [1.82, 2.24) is 10.2 Å². The first kappa shape index (κ1) is 15.7. The summed E-state index contributed by atoms with van der Waals surface area (Å²) >= 11 is 0. The average Bonchev–Trinajstić information content (AvgIpc) is 2.79. The van der Waals surface area contributed by atoms with Crippen molar-refractivity contribution in [1.29, 1.82) is 0 Å². The van der Waals surface area contributed by atoms with Gasteiger partial charge in [-0.2, -0.15) is 0 Å². The minimum Gasteiger partial charge on any atom is -0.381 e. The molecule has 0 unspecified atom stereocenters. The molecule has 4 nitrogen and oxygen atoms in total. The third-order valence-electron chi connectivity index (χ3n) is 4.17. The lowest BCUT2D eigenvalue weighted by Crippen LogP contribution is -2.44. The van der Waals surface area contributed by atoms with Gasteiger partial charge in [0.1, 0.15) is 0 Å². The van der Waals surface area contributed by atoms with E-state index in [2.05, 4.69) is 5.32 Å². The van der Waals surface area contributed by atoms with Crippen molar-refractivity contribution in [3.05, 3.63) is 0 Å². The highest BCUT2D eigenvalue weighted by Gasteiger charge is 2.37. The molecule has 1 N–H and O–H groups in total. The third-order valence-corrected chi connectivity index (χ3v) is 4.17. The molecule has 5 heteroatoms. The Morgan fingerprint density at radius 3 is 2.61 bits per heavy atom. The Kier molecular flexibility index (Phi) is 6.39. The van der Waals surface area contributed by atoms with E-state index in [1.807, 2.05) is 11.8 Å². The zero-order valence-electron chi connectivity index (χ0n) is 11.2. The first-order valence-corrected chi connectivity index (χ1v) is 6.82. The van der Waals surface area contributed by atoms with E-state index in [4.69, 9.17) is 4.74 Å². The summed E-state index contributed by atoms with van der Waals surface area (Å²) in [6.45, 7) is 7.40. The summed E-state index contributed by atoms with van der Waals surface area (Å²) in [4.78, 5) is 13.9. The van der Waals surface area contributed by atoms with E-state index < -0.39 is 0 Å². The SMILES string of the molecule is CCOCCC(=O)N1CCC2(CCNC2)CC1.Cl. The van der Waals surface area contributed by atoms with Gasteiger partial charge in [0.25, 0.3) is 0 Å². The summed E-state index contributed by atoms with van der Waals surface area (Å²) in [5, 5.41) is 3.45. The Balaban J connectivity index is 0.00000162. The average molecular weight is 277 g/mol. The normalized spacial score (nSPS) is 21.9. The van der Waals surface area contributed by atoms with Gasteiger partial charge in [-0.1, -0.05) is 0 Å². The van der Waals surface area contributed by atoms with Gasteiger partial charge in [0.15, 0.2) is 0 Å². The Bertz CT molecular complexity index is 258. The summed E-state index contributed by atoms with van der Waals surface area (Å²) in [6.07, 6.45) is 4.16. The molecule has 2 rings (SSSR count). The summed E-state index contributed by atoms with van der Waals surface area (Å²) < 4.78 is 5.23. The van der Waals surface area contributed by atoms with Gasteiger partial charge < -0.3 is 15.0 Å². The predicted octanol–water partition coefficient (Wildman–Crippen LogP) is 1.44. The molecule has 0 aliphatic carbocycles. The van der Waals surface area contributed by atoms with E-state index >= 15 is 0 Å². The van der Waals surface area contributed by atoms with Gasteiger partial charge in [0, 0.05) is 26.2 Å². The molecule has 2 fully saturated rings. The van der Waals surface area contributed by atoms with Crippen molar-refractivity contribution < 1.29 is 9.53 Å². The molecule has 2 aliphatic heterocycles. The maximum Gasteiger partial charge on any atom is 0.224 e. The fraction of sp³-hybridized carbons (Fsp3) is 0.923. The third kappa shape index (κ3) is 3.84. The number of carbonyl (C=O) groups excluding carboxylic acids is 1. The van der Waals surface area contributed by atoms with Crippen molar-refractivity contribution in [2.45, 2.75) is 32.6 Å². The first-order chi connectivity index (χ1) is 8.26. The topological polar surface area (TPSA) is 41.6 Å². The largest absolute Gasteiger partial charge is 0.381 e. The lowest BCUT2D eigenvalue weighted by atomic mass is 9.78. The molecule has 0 atom stereocenters. The maximum atomic E-state index is 11.9. The number of rotatable bonds is 4. The molecule has 0 bridgehead atoms. The molecule has 2 heterocycles. The second-order valence-corrected chi connectivity index (χ2v) is 5.25. The number of nitrogens with zero attached hydrogens (tertiary/aromatic N) is 1. The van der Waals surface area contributed by atoms with E-state index in [0.29, 0.717) is 25.0 Å². The van der Waals surface area contributed by atoms with Crippen molar-refractivity contribution in [2.24, 2.45) is 5.41 Å². The highest BCUT2D eigenvalue weighted by atomic mass is 35.5. The van der Waals surface area contributed by atoms with Crippen molar-refractivity contribution in [3.63, 3.8) is 0 Å². The van der Waals surface area contributed by atoms with Crippen LogP contribution in [0.1, 0.15) is 32.6 Å². The second kappa shape index (κ2) is 7.31. The number of ether oxygens (including phenoxy) is 1. The molecular weight excluding hydrogens is 252 g/mol. The van der Waals surface area contributed by atoms with Gasteiger partial charge >= 0.3 is 0 Å². The number of nitrogens with one attached hydrogen (secondary N) is 1. The van der Waals surface area contributed by atoms with Gasteiger partial charge in [-0.15, -0.1) is 12.4 Å². The number of amides is 1. The molecular formula is C13H25ClN2O2. The van der Waals surface area contributed by atoms with Gasteiger partial charge in [0.2, 0.25) is 5.91 Å². The van der Waals surface area contributed by atoms with E-state index in [-0.39, 0.29) is 18.3 Å². The minimum absolute atomic E-state index is 0. The number of hydrogen-bond donors (Lipinski definition) is 1. The zero-order chi connectivity index (χ0) is 12.1. The monoisotopic (exact) mass is 276 g/mol. The molecule has 1 spiro atoms. The molecule has 0 radical (unpaired) electrons. The van der Waals surface area contributed by atoms with Crippen LogP contribution >= 0.6 is 12.4 Å². The number of carbonyl (C=O) groups is 1. The van der Waals surface area contributed by atoms with Gasteiger partial charge in [0.05, 0.1) is 13.0 Å². The maximum absolute atomic E-state index is 11.9. The van der Waals surface area contributed by atoms with Crippen LogP contribution in [-0.2, 0) is 9.53 Å². The molecule has 0 aromatic carbocycles. The van der Waals surface area contributed by atoms with Crippen molar-refractivity contribution in [2.75, 3.05) is 39.4 Å². The highest BCUT2D eigenvalue weighted by molar-refractivity contribution is 5.85. The van der Waals surface area contributed by atoms with Crippen LogP contribution in [0.3, 0.4) is 0 Å². The molecule has 2 aliphatic rings. The number of halogens is 1. The Labute approximate surface area is 116 Å². The first-order valence-electron chi connectivity index (χ1n) is 6.82. The molecule has 0 saturated carbocycles. The zero-order valence-corrected chi connectivity index (χ0v) is 12.1. The molecule has 1 amide bonds. The van der Waals surface area contributed by atoms with Gasteiger partial charge in [-0.05, 0) is 38.1 Å². The van der Waals surface area contributed by atoms with Gasteiger partial charge in [-0.25, -0.2) is 0 Å². The summed E-state index contributed by atoms with van der Waals surface area (Å²) in [5.41, 5.74) is 0.497. The van der Waals surface area contributed by atoms with Crippen molar-refractivity contribution in [3.8, 4) is 0 Å². The van der Waals surface area contributed by atoms with Crippen molar-refractivity contribution >= 4 is 18.3 Å². The predicted molar refractivity (Wildman–Crippen MR) is 74.1 cm³/mol. The van der Waals surface area contributed by atoms with Crippen LogP contribution < -0.4 is 5.32 Å². The van der Waals surface area contributed by atoms with Crippen LogP contribution in [0.5, 0.6) is 0 Å². The lowest BCUT2D eigenvalue weighted by molar-refractivity contribution is -0.134. The van der Waals surface area contributed by atoms with Crippen LogP contribution in [0.2, 0.25) is 0 Å². The fourth-order valence-corrected chi connectivity index (χ4v) is 2.91. The van der Waals surface area contributed by atoms with Crippen LogP contribution in [0, 0.1) is 5.41 Å². The standard InChI is InChI=1S/C13H24N2O2.ClH/c1-2-17-10-3-12(16)15-8-5-13(6-9-15)4-7-14-11-13;/h14H,2-11H2,1H3;1H. The lowest BCUT2D eigenvalue weighted by Gasteiger charge is -2.38. The highest BCUT2D eigenvalue weighted by Crippen LogP contribution is 2.36. The molecule has 2 saturated heterocycles. The molecule has 0 aromatic heterocycles. The number of likely N-dealkylation sites (tertiary alicyclic amines) is 1. The van der Waals surface area contributed by atoms with E-state index in [1.54, 1.807) is 0 Å². The molecule has 106 valence electrons. The van der Waals surface area contributed by atoms with E-state index in [1.165, 1.54) is 19.3 Å². The van der Waals surface area contributed by atoms with Crippen LogP contribution in [-0.4, -0.2) is 50.2 Å². The number of hydrogen-bond acceptors (Lipinski definition) is 3. The summed E-state index contributed by atoms with van der Waals surface area (Å²) in [6, 6.07) is 0. The minimum atomic E-state index is 0. The Morgan fingerprint density at radius 1 is 1.33 bits per heavy atom. The Hall–Kier alpha value is -0.320. The summed E-state index contributed by atoms with van der Waals surface area (Å²) in [5.74, 6) is 0.263. The van der Waals surface area contributed by atoms with Crippen LogP contribution in [0.25, 0.3) is 0 Å². The van der Waals surface area contributed by atoms with E-state index in [9.17, 15) is 4.79 Å². The van der Waals surface area contributed by atoms with E-state index in [0.717, 1.165) is 26.2 Å². The quantitative estimate of drug-likeness (QED) is 0.790. The van der Waals surface area contributed by atoms with Crippen LogP contribution in [0.15, 0.2) is 0 Å². The smallest absolute Gasteiger partial charge is 0.224 e. The fourth-order valence-electron chi connectivity index (χ4n) is 2.91. The van der Waals surface area contributed by atoms with Crippen LogP contribution in [0.4, 0.5) is 0 Å². The number of piperidine rings is 1. The van der Waals surface area contributed by atoms with Gasteiger partial charge in [-0.3, -0.25) is 4.79 Å². The second-order valence-electron chi connectivity index (χ2n) is 5.25. The molecule has 18 heavy (non-hydrogen) atoms. The molecule has 0 aromatic rings. The Morgan fingerprint density at radius 2 is 2.06 bits per heavy atom. The summed E-state index contributed by atoms with van der Waals surface area (Å²) in [7, 11) is 0.